The van der Waals surface area contributed by atoms with Gasteiger partial charge in [-0.25, -0.2) is 4.98 Å². The first kappa shape index (κ1) is 12.9. The Labute approximate surface area is 125 Å². The van der Waals surface area contributed by atoms with E-state index in [0.717, 1.165) is 27.2 Å². The zero-order valence-electron chi connectivity index (χ0n) is 10.8. The van der Waals surface area contributed by atoms with Crippen LogP contribution in [0.1, 0.15) is 0 Å². The molecule has 0 unspecified atom stereocenters. The number of hydrogen-bond donors (Lipinski definition) is 1. The molecule has 0 saturated heterocycles. The van der Waals surface area contributed by atoms with Gasteiger partial charge in [0.1, 0.15) is 5.75 Å². The third-order valence-corrected chi connectivity index (χ3v) is 3.48. The van der Waals surface area contributed by atoms with Crippen LogP contribution in [-0.4, -0.2) is 22.3 Å². The molecule has 5 heteroatoms. The van der Waals surface area contributed by atoms with Crippen molar-refractivity contribution >= 4 is 15.9 Å². The lowest BCUT2D eigenvalue weighted by molar-refractivity contribution is 0.415. The average molecular weight is 330 g/mol. The third kappa shape index (κ3) is 2.58. The normalized spacial score (nSPS) is 10.5. The molecule has 3 aromatic rings. The first-order valence-corrected chi connectivity index (χ1v) is 6.88. The van der Waals surface area contributed by atoms with Crippen molar-refractivity contribution in [2.75, 3.05) is 7.11 Å². The number of aromatic nitrogens is 3. The van der Waals surface area contributed by atoms with Crippen molar-refractivity contribution in [2.24, 2.45) is 0 Å². The summed E-state index contributed by atoms with van der Waals surface area (Å²) in [6, 6.07) is 15.6. The lowest BCUT2D eigenvalue weighted by atomic mass is 10.2. The topological polar surface area (TPSA) is 50.8 Å². The van der Waals surface area contributed by atoms with Crippen molar-refractivity contribution < 1.29 is 4.74 Å². The Bertz CT molecular complexity index is 705. The van der Waals surface area contributed by atoms with Crippen LogP contribution >= 0.6 is 15.9 Å². The molecule has 4 nitrogen and oxygen atoms in total. The van der Waals surface area contributed by atoms with Crippen LogP contribution in [0.3, 0.4) is 0 Å². The molecule has 0 saturated carbocycles. The fourth-order valence-electron chi connectivity index (χ4n) is 1.87. The molecular formula is C15H12BrN3O. The summed E-state index contributed by atoms with van der Waals surface area (Å²) in [5.74, 6) is 2.24. The van der Waals surface area contributed by atoms with Crippen molar-refractivity contribution in [3.63, 3.8) is 0 Å². The summed E-state index contributed by atoms with van der Waals surface area (Å²) in [4.78, 5) is 4.51. The Balaban J connectivity index is 1.91. The number of ether oxygens (including phenoxy) is 1. The van der Waals surface area contributed by atoms with Crippen molar-refractivity contribution in [2.45, 2.75) is 0 Å². The molecular weight excluding hydrogens is 318 g/mol. The van der Waals surface area contributed by atoms with E-state index in [1.165, 1.54) is 0 Å². The van der Waals surface area contributed by atoms with Crippen LogP contribution in [-0.2, 0) is 0 Å². The summed E-state index contributed by atoms with van der Waals surface area (Å²) in [6.45, 7) is 0. The maximum Gasteiger partial charge on any atom is 0.181 e. The molecule has 3 rings (SSSR count). The molecule has 100 valence electrons. The second-order valence-corrected chi connectivity index (χ2v) is 5.16. The van der Waals surface area contributed by atoms with Crippen LogP contribution in [0.4, 0.5) is 0 Å². The lowest BCUT2D eigenvalue weighted by Gasteiger charge is -1.99. The third-order valence-electron chi connectivity index (χ3n) is 2.95. The summed E-state index contributed by atoms with van der Waals surface area (Å²) in [5.41, 5.74) is 1.95. The van der Waals surface area contributed by atoms with Gasteiger partial charge in [-0.15, -0.1) is 0 Å². The number of rotatable bonds is 3. The largest absolute Gasteiger partial charge is 0.497 e. The number of halogens is 1. The van der Waals surface area contributed by atoms with Crippen LogP contribution in [0, 0.1) is 0 Å². The highest BCUT2D eigenvalue weighted by Gasteiger charge is 2.07. The van der Waals surface area contributed by atoms with Crippen LogP contribution in [0.15, 0.2) is 53.0 Å². The van der Waals surface area contributed by atoms with E-state index in [4.69, 9.17) is 4.74 Å². The predicted molar refractivity (Wildman–Crippen MR) is 81.5 cm³/mol. The van der Waals surface area contributed by atoms with Gasteiger partial charge in [-0.2, -0.15) is 5.10 Å². The van der Waals surface area contributed by atoms with Crippen molar-refractivity contribution in [3.8, 4) is 28.5 Å². The summed E-state index contributed by atoms with van der Waals surface area (Å²) in [5, 5.41) is 7.21. The van der Waals surface area contributed by atoms with Gasteiger partial charge in [0.15, 0.2) is 11.6 Å². The molecule has 0 aliphatic rings. The van der Waals surface area contributed by atoms with E-state index in [-0.39, 0.29) is 0 Å². The quantitative estimate of drug-likeness (QED) is 0.792. The first-order chi connectivity index (χ1) is 9.76. The van der Waals surface area contributed by atoms with E-state index in [0.29, 0.717) is 5.82 Å². The molecule has 0 spiro atoms. The Hall–Kier alpha value is -2.14. The summed E-state index contributed by atoms with van der Waals surface area (Å²) < 4.78 is 6.18. The van der Waals surface area contributed by atoms with E-state index < -0.39 is 0 Å². The van der Waals surface area contributed by atoms with Crippen LogP contribution in [0.2, 0.25) is 0 Å². The lowest BCUT2D eigenvalue weighted by Crippen LogP contribution is -1.84. The predicted octanol–water partition coefficient (Wildman–Crippen LogP) is 3.91. The Morgan fingerprint density at radius 1 is 0.950 bits per heavy atom. The molecule has 0 bridgehead atoms. The van der Waals surface area contributed by atoms with Crippen LogP contribution < -0.4 is 4.74 Å². The monoisotopic (exact) mass is 329 g/mol. The van der Waals surface area contributed by atoms with Crippen molar-refractivity contribution in [1.82, 2.24) is 15.2 Å². The summed E-state index contributed by atoms with van der Waals surface area (Å²) in [7, 11) is 1.65. The van der Waals surface area contributed by atoms with Gasteiger partial charge in [-0.05, 0) is 36.4 Å². The average Bonchev–Trinajstić information content (AvgIpc) is 2.98. The number of H-pyrrole nitrogens is 1. The zero-order valence-corrected chi connectivity index (χ0v) is 12.4. The second kappa shape index (κ2) is 5.46. The second-order valence-electron chi connectivity index (χ2n) is 4.24. The molecule has 1 heterocycles. The molecule has 1 aromatic heterocycles. The highest BCUT2D eigenvalue weighted by atomic mass is 79.9. The Morgan fingerprint density at radius 2 is 1.60 bits per heavy atom. The molecule has 0 atom stereocenters. The number of benzene rings is 2. The highest BCUT2D eigenvalue weighted by Crippen LogP contribution is 2.23. The molecule has 0 fully saturated rings. The molecule has 0 amide bonds. The number of aromatic amines is 1. The number of methoxy groups -OCH3 is 1. The maximum absolute atomic E-state index is 5.14. The molecule has 2 aromatic carbocycles. The summed E-state index contributed by atoms with van der Waals surface area (Å²) >= 11 is 3.42. The van der Waals surface area contributed by atoms with Gasteiger partial charge in [0.25, 0.3) is 0 Å². The van der Waals surface area contributed by atoms with E-state index in [1.807, 2.05) is 48.5 Å². The fraction of sp³-hybridized carbons (Fsp3) is 0.0667. The van der Waals surface area contributed by atoms with Gasteiger partial charge in [-0.3, -0.25) is 5.10 Å². The number of nitrogens with one attached hydrogen (secondary N) is 1. The molecule has 0 aliphatic carbocycles. The minimum atomic E-state index is 0.672. The van der Waals surface area contributed by atoms with Crippen molar-refractivity contribution in [3.05, 3.63) is 53.0 Å². The maximum atomic E-state index is 5.14. The number of hydrogen-bond acceptors (Lipinski definition) is 3. The smallest absolute Gasteiger partial charge is 0.181 e. The first-order valence-electron chi connectivity index (χ1n) is 6.09. The van der Waals surface area contributed by atoms with Crippen LogP contribution in [0.25, 0.3) is 22.8 Å². The van der Waals surface area contributed by atoms with Gasteiger partial charge < -0.3 is 4.74 Å². The molecule has 1 N–H and O–H groups in total. The van der Waals surface area contributed by atoms with Gasteiger partial charge in [0, 0.05) is 15.6 Å². The van der Waals surface area contributed by atoms with E-state index in [9.17, 15) is 0 Å². The van der Waals surface area contributed by atoms with Gasteiger partial charge >= 0.3 is 0 Å². The van der Waals surface area contributed by atoms with Gasteiger partial charge in [0.05, 0.1) is 7.11 Å². The fourth-order valence-corrected chi connectivity index (χ4v) is 2.13. The van der Waals surface area contributed by atoms with Crippen LogP contribution in [0.5, 0.6) is 5.75 Å². The van der Waals surface area contributed by atoms with Gasteiger partial charge in [-0.1, -0.05) is 28.1 Å². The van der Waals surface area contributed by atoms with Crippen molar-refractivity contribution in [1.29, 1.82) is 0 Å². The molecule has 20 heavy (non-hydrogen) atoms. The van der Waals surface area contributed by atoms with E-state index in [1.54, 1.807) is 7.11 Å². The minimum absolute atomic E-state index is 0.672. The molecule has 0 radical (unpaired) electrons. The SMILES string of the molecule is COc1ccc(-c2n[nH]c(-c3ccc(Br)cc3)n2)cc1. The van der Waals surface area contributed by atoms with Gasteiger partial charge in [0.2, 0.25) is 0 Å². The zero-order chi connectivity index (χ0) is 13.9. The van der Waals surface area contributed by atoms with E-state index >= 15 is 0 Å². The summed E-state index contributed by atoms with van der Waals surface area (Å²) in [6.07, 6.45) is 0. The minimum Gasteiger partial charge on any atom is -0.497 e. The number of nitrogens with zero attached hydrogens (tertiary/aromatic N) is 2. The standard InChI is InChI=1S/C15H12BrN3O/c1-20-13-8-4-11(5-9-13)15-17-14(18-19-15)10-2-6-12(16)7-3-10/h2-9H,1H3,(H,17,18,19). The highest BCUT2D eigenvalue weighted by molar-refractivity contribution is 9.10. The Morgan fingerprint density at radius 3 is 2.25 bits per heavy atom. The molecule has 0 aliphatic heterocycles. The van der Waals surface area contributed by atoms with E-state index in [2.05, 4.69) is 31.1 Å². The Kier molecular flexibility index (Phi) is 3.52.